The van der Waals surface area contributed by atoms with Crippen molar-refractivity contribution < 1.29 is 0 Å². The average Bonchev–Trinajstić information content (AvgIpc) is 2.63. The first-order chi connectivity index (χ1) is 8.17. The van der Waals surface area contributed by atoms with Gasteiger partial charge in [0.05, 0.1) is 0 Å². The zero-order valence-electron chi connectivity index (χ0n) is 9.07. The van der Waals surface area contributed by atoms with Crippen LogP contribution in [0.2, 0.25) is 0 Å². The highest BCUT2D eigenvalue weighted by molar-refractivity contribution is 9.10. The first kappa shape index (κ1) is 12.8. The van der Waals surface area contributed by atoms with E-state index in [1.165, 1.54) is 23.1 Å². The number of halogens is 1. The highest BCUT2D eigenvalue weighted by Gasteiger charge is 2.06. The molecular weight excluding hydrogens is 322 g/mol. The quantitative estimate of drug-likeness (QED) is 0.874. The number of nitrogens with zero attached hydrogens (tertiary/aromatic N) is 2. The Morgan fingerprint density at radius 2 is 2.35 bits per heavy atom. The standard InChI is InChI=1S/C10H10BrN3OS2/c1-2-3-6-4-8(15)14-9(12-6)17-10-13-7(11)5-16-10/h4-5H,2-3H2,1H3,(H,12,14,15). The fraction of sp³-hybridized carbons (Fsp3) is 0.300. The van der Waals surface area contributed by atoms with Crippen LogP contribution in [0.15, 0.2) is 30.3 Å². The molecule has 0 unspecified atom stereocenters. The third-order valence-corrected chi connectivity index (χ3v) is 4.45. The van der Waals surface area contributed by atoms with E-state index in [1.54, 1.807) is 6.07 Å². The Bertz CT molecular complexity index is 567. The predicted molar refractivity (Wildman–Crippen MR) is 72.8 cm³/mol. The maximum Gasteiger partial charge on any atom is 0.251 e. The molecule has 0 saturated heterocycles. The van der Waals surface area contributed by atoms with E-state index in [2.05, 4.69) is 37.8 Å². The van der Waals surface area contributed by atoms with Crippen molar-refractivity contribution in [3.05, 3.63) is 32.1 Å². The Hall–Kier alpha value is -0.660. The summed E-state index contributed by atoms with van der Waals surface area (Å²) in [7, 11) is 0. The summed E-state index contributed by atoms with van der Waals surface area (Å²) in [5.74, 6) is 0. The lowest BCUT2D eigenvalue weighted by atomic mass is 10.2. The molecule has 0 radical (unpaired) electrons. The molecule has 0 aliphatic carbocycles. The number of aromatic amines is 1. The van der Waals surface area contributed by atoms with Gasteiger partial charge in [-0.25, -0.2) is 9.97 Å². The molecule has 17 heavy (non-hydrogen) atoms. The van der Waals surface area contributed by atoms with E-state index in [4.69, 9.17) is 0 Å². The maximum atomic E-state index is 11.4. The van der Waals surface area contributed by atoms with Gasteiger partial charge < -0.3 is 4.98 Å². The molecule has 7 heteroatoms. The van der Waals surface area contributed by atoms with Crippen LogP contribution in [0.3, 0.4) is 0 Å². The summed E-state index contributed by atoms with van der Waals surface area (Å²) >= 11 is 6.18. The van der Waals surface area contributed by atoms with Crippen LogP contribution in [0, 0.1) is 0 Å². The molecule has 0 saturated carbocycles. The van der Waals surface area contributed by atoms with Crippen LogP contribution in [0.1, 0.15) is 19.0 Å². The van der Waals surface area contributed by atoms with Crippen LogP contribution in [0.4, 0.5) is 0 Å². The highest BCUT2D eigenvalue weighted by atomic mass is 79.9. The lowest BCUT2D eigenvalue weighted by molar-refractivity contribution is 0.815. The maximum absolute atomic E-state index is 11.4. The van der Waals surface area contributed by atoms with E-state index >= 15 is 0 Å². The molecule has 0 aliphatic heterocycles. The molecular formula is C10H10BrN3OS2. The van der Waals surface area contributed by atoms with E-state index in [-0.39, 0.29) is 5.56 Å². The number of rotatable bonds is 4. The van der Waals surface area contributed by atoms with Crippen molar-refractivity contribution >= 4 is 39.0 Å². The summed E-state index contributed by atoms with van der Waals surface area (Å²) in [6.45, 7) is 2.06. The molecule has 2 aromatic heterocycles. The molecule has 90 valence electrons. The summed E-state index contributed by atoms with van der Waals surface area (Å²) in [5, 5.41) is 2.50. The molecule has 0 amide bonds. The third kappa shape index (κ3) is 3.65. The van der Waals surface area contributed by atoms with E-state index in [0.717, 1.165) is 27.5 Å². The molecule has 2 heterocycles. The van der Waals surface area contributed by atoms with Gasteiger partial charge in [0, 0.05) is 17.1 Å². The molecule has 0 bridgehead atoms. The number of hydrogen-bond acceptors (Lipinski definition) is 5. The Morgan fingerprint density at radius 3 is 3.00 bits per heavy atom. The largest absolute Gasteiger partial charge is 0.301 e. The van der Waals surface area contributed by atoms with Gasteiger partial charge in [-0.1, -0.05) is 13.3 Å². The summed E-state index contributed by atoms with van der Waals surface area (Å²) in [6.07, 6.45) is 1.79. The van der Waals surface area contributed by atoms with Gasteiger partial charge in [-0.15, -0.1) is 11.3 Å². The van der Waals surface area contributed by atoms with Crippen molar-refractivity contribution in [3.8, 4) is 0 Å². The minimum absolute atomic E-state index is 0.110. The topological polar surface area (TPSA) is 58.6 Å². The zero-order valence-corrected chi connectivity index (χ0v) is 12.3. The molecule has 0 aliphatic rings. The fourth-order valence-electron chi connectivity index (χ4n) is 1.28. The van der Waals surface area contributed by atoms with Gasteiger partial charge in [0.15, 0.2) is 9.50 Å². The normalized spacial score (nSPS) is 10.7. The van der Waals surface area contributed by atoms with Crippen molar-refractivity contribution in [1.29, 1.82) is 0 Å². The first-order valence-corrected chi connectivity index (χ1v) is 7.55. The minimum Gasteiger partial charge on any atom is -0.301 e. The van der Waals surface area contributed by atoms with Gasteiger partial charge in [-0.3, -0.25) is 4.79 Å². The van der Waals surface area contributed by atoms with Crippen LogP contribution in [0.5, 0.6) is 0 Å². The minimum atomic E-state index is -0.110. The fourth-order valence-corrected chi connectivity index (χ4v) is 3.58. The van der Waals surface area contributed by atoms with Gasteiger partial charge in [0.2, 0.25) is 0 Å². The van der Waals surface area contributed by atoms with Gasteiger partial charge in [0.25, 0.3) is 5.56 Å². The number of aryl methyl sites for hydroxylation is 1. The number of aromatic nitrogens is 3. The second-order valence-corrected chi connectivity index (χ2v) is 6.24. The molecule has 0 fully saturated rings. The van der Waals surface area contributed by atoms with E-state index in [9.17, 15) is 4.79 Å². The van der Waals surface area contributed by atoms with Crippen LogP contribution >= 0.6 is 39.0 Å². The Morgan fingerprint density at radius 1 is 1.53 bits per heavy atom. The molecule has 0 atom stereocenters. The van der Waals surface area contributed by atoms with Crippen LogP contribution < -0.4 is 5.56 Å². The van der Waals surface area contributed by atoms with Crippen molar-refractivity contribution in [2.75, 3.05) is 0 Å². The molecule has 0 spiro atoms. The number of thiazole rings is 1. The summed E-state index contributed by atoms with van der Waals surface area (Å²) < 4.78 is 1.66. The second-order valence-electron chi connectivity index (χ2n) is 3.33. The van der Waals surface area contributed by atoms with Crippen LogP contribution in [-0.4, -0.2) is 15.0 Å². The Labute approximate surface area is 115 Å². The third-order valence-electron chi connectivity index (χ3n) is 1.92. The van der Waals surface area contributed by atoms with Crippen LogP contribution in [0.25, 0.3) is 0 Å². The van der Waals surface area contributed by atoms with Crippen molar-refractivity contribution in [3.63, 3.8) is 0 Å². The average molecular weight is 332 g/mol. The van der Waals surface area contributed by atoms with Crippen molar-refractivity contribution in [1.82, 2.24) is 15.0 Å². The lowest BCUT2D eigenvalue weighted by Gasteiger charge is -2.00. The predicted octanol–water partition coefficient (Wildman–Crippen LogP) is 3.09. The van der Waals surface area contributed by atoms with Gasteiger partial charge in [-0.2, -0.15) is 0 Å². The van der Waals surface area contributed by atoms with Crippen molar-refractivity contribution in [2.45, 2.75) is 29.3 Å². The monoisotopic (exact) mass is 331 g/mol. The number of H-pyrrole nitrogens is 1. The van der Waals surface area contributed by atoms with E-state index in [0.29, 0.717) is 5.16 Å². The smallest absolute Gasteiger partial charge is 0.251 e. The molecule has 2 rings (SSSR count). The first-order valence-electron chi connectivity index (χ1n) is 5.06. The van der Waals surface area contributed by atoms with E-state index < -0.39 is 0 Å². The summed E-state index contributed by atoms with van der Waals surface area (Å²) in [5.41, 5.74) is 0.718. The molecule has 0 aromatic carbocycles. The Balaban J connectivity index is 2.23. The van der Waals surface area contributed by atoms with Crippen LogP contribution in [-0.2, 0) is 6.42 Å². The molecule has 4 nitrogen and oxygen atoms in total. The van der Waals surface area contributed by atoms with Gasteiger partial charge >= 0.3 is 0 Å². The second kappa shape index (κ2) is 5.79. The van der Waals surface area contributed by atoms with Crippen molar-refractivity contribution in [2.24, 2.45) is 0 Å². The summed E-state index contributed by atoms with van der Waals surface area (Å²) in [4.78, 5) is 22.8. The lowest BCUT2D eigenvalue weighted by Crippen LogP contribution is -2.09. The summed E-state index contributed by atoms with van der Waals surface area (Å²) in [6, 6.07) is 1.55. The van der Waals surface area contributed by atoms with E-state index in [1.807, 2.05) is 5.38 Å². The Kier molecular flexibility index (Phi) is 4.36. The van der Waals surface area contributed by atoms with Gasteiger partial charge in [-0.05, 0) is 34.1 Å². The zero-order chi connectivity index (χ0) is 12.3. The van der Waals surface area contributed by atoms with Gasteiger partial charge in [0.1, 0.15) is 4.60 Å². The molecule has 2 aromatic rings. The highest BCUT2D eigenvalue weighted by Crippen LogP contribution is 2.28. The SMILES string of the molecule is CCCc1cc(=O)[nH]c(Sc2nc(Br)cs2)n1. The number of nitrogens with one attached hydrogen (secondary N) is 1. The number of hydrogen-bond donors (Lipinski definition) is 1. The molecule has 1 N–H and O–H groups in total.